The van der Waals surface area contributed by atoms with E-state index in [1.54, 1.807) is 0 Å². The van der Waals surface area contributed by atoms with Crippen LogP contribution in [0.3, 0.4) is 0 Å². The number of hydrogen-bond donors (Lipinski definition) is 0. The standard InChI is InChI=1S/C11H12O3/c1-8(12)6-11-13-7-9-4-2-3-5-10(9)14-11/h2-5,11H,6-7H2,1H3. The summed E-state index contributed by atoms with van der Waals surface area (Å²) in [7, 11) is 0. The minimum absolute atomic E-state index is 0.0781. The molecule has 1 heterocycles. The van der Waals surface area contributed by atoms with Crippen LogP contribution in [0.4, 0.5) is 0 Å². The molecule has 0 fully saturated rings. The van der Waals surface area contributed by atoms with Gasteiger partial charge in [0, 0.05) is 5.56 Å². The smallest absolute Gasteiger partial charge is 0.207 e. The second-order valence-electron chi connectivity index (χ2n) is 3.37. The van der Waals surface area contributed by atoms with E-state index in [1.165, 1.54) is 6.92 Å². The molecule has 0 saturated carbocycles. The Morgan fingerprint density at radius 1 is 1.50 bits per heavy atom. The lowest BCUT2D eigenvalue weighted by atomic mass is 10.2. The Labute approximate surface area is 82.6 Å². The lowest BCUT2D eigenvalue weighted by Crippen LogP contribution is -2.27. The van der Waals surface area contributed by atoms with Gasteiger partial charge in [0.25, 0.3) is 0 Å². The molecule has 1 aromatic rings. The highest BCUT2D eigenvalue weighted by molar-refractivity contribution is 5.75. The van der Waals surface area contributed by atoms with Crippen LogP contribution in [-0.2, 0) is 16.1 Å². The van der Waals surface area contributed by atoms with Crippen LogP contribution in [0, 0.1) is 0 Å². The molecule has 0 aromatic heterocycles. The highest BCUT2D eigenvalue weighted by atomic mass is 16.7. The molecule has 3 heteroatoms. The molecule has 1 atom stereocenters. The fraction of sp³-hybridized carbons (Fsp3) is 0.364. The number of benzene rings is 1. The molecule has 0 saturated heterocycles. The molecule has 1 unspecified atom stereocenters. The molecule has 0 spiro atoms. The molecule has 1 aromatic carbocycles. The quantitative estimate of drug-likeness (QED) is 0.717. The Morgan fingerprint density at radius 2 is 2.29 bits per heavy atom. The summed E-state index contributed by atoms with van der Waals surface area (Å²) in [5.74, 6) is 0.902. The van der Waals surface area contributed by atoms with Crippen molar-refractivity contribution in [3.05, 3.63) is 29.8 Å². The van der Waals surface area contributed by atoms with E-state index >= 15 is 0 Å². The van der Waals surface area contributed by atoms with Gasteiger partial charge >= 0.3 is 0 Å². The summed E-state index contributed by atoms with van der Waals surface area (Å²) in [5.41, 5.74) is 1.03. The predicted molar refractivity (Wildman–Crippen MR) is 50.9 cm³/mol. The zero-order valence-corrected chi connectivity index (χ0v) is 8.03. The van der Waals surface area contributed by atoms with Crippen molar-refractivity contribution in [3.63, 3.8) is 0 Å². The molecule has 74 valence electrons. The van der Waals surface area contributed by atoms with Crippen molar-refractivity contribution in [2.45, 2.75) is 26.2 Å². The maximum Gasteiger partial charge on any atom is 0.207 e. The van der Waals surface area contributed by atoms with Gasteiger partial charge in [0.15, 0.2) is 0 Å². The van der Waals surface area contributed by atoms with Gasteiger partial charge in [0.2, 0.25) is 6.29 Å². The number of carbonyl (C=O) groups is 1. The van der Waals surface area contributed by atoms with Crippen molar-refractivity contribution in [1.29, 1.82) is 0 Å². The molecule has 0 radical (unpaired) electrons. The minimum atomic E-state index is -0.414. The third-order valence-corrected chi connectivity index (χ3v) is 2.11. The van der Waals surface area contributed by atoms with Gasteiger partial charge in [-0.3, -0.25) is 4.79 Å². The zero-order chi connectivity index (χ0) is 9.97. The monoisotopic (exact) mass is 192 g/mol. The van der Waals surface area contributed by atoms with E-state index in [2.05, 4.69) is 0 Å². The molecule has 0 N–H and O–H groups in total. The molecular formula is C11H12O3. The van der Waals surface area contributed by atoms with E-state index in [1.807, 2.05) is 24.3 Å². The summed E-state index contributed by atoms with van der Waals surface area (Å²) < 4.78 is 10.9. The van der Waals surface area contributed by atoms with Crippen molar-refractivity contribution in [1.82, 2.24) is 0 Å². The fourth-order valence-corrected chi connectivity index (χ4v) is 1.43. The first kappa shape index (κ1) is 9.21. The van der Waals surface area contributed by atoms with Gasteiger partial charge in [-0.25, -0.2) is 0 Å². The highest BCUT2D eigenvalue weighted by Gasteiger charge is 2.20. The van der Waals surface area contributed by atoms with Crippen molar-refractivity contribution in [2.24, 2.45) is 0 Å². The Morgan fingerprint density at radius 3 is 3.07 bits per heavy atom. The maximum atomic E-state index is 10.9. The van der Waals surface area contributed by atoms with Crippen LogP contribution in [0.1, 0.15) is 18.9 Å². The fourth-order valence-electron chi connectivity index (χ4n) is 1.43. The lowest BCUT2D eigenvalue weighted by Gasteiger charge is -2.25. The van der Waals surface area contributed by atoms with Gasteiger partial charge in [-0.1, -0.05) is 18.2 Å². The number of fused-ring (bicyclic) bond motifs is 1. The van der Waals surface area contributed by atoms with Crippen LogP contribution < -0.4 is 4.74 Å². The van der Waals surface area contributed by atoms with Crippen LogP contribution in [-0.4, -0.2) is 12.1 Å². The molecule has 2 rings (SSSR count). The van der Waals surface area contributed by atoms with Crippen molar-refractivity contribution in [3.8, 4) is 5.75 Å². The van der Waals surface area contributed by atoms with Crippen molar-refractivity contribution >= 4 is 5.78 Å². The summed E-state index contributed by atoms with van der Waals surface area (Å²) in [4.78, 5) is 10.9. The molecular weight excluding hydrogens is 180 g/mol. The molecule has 1 aliphatic heterocycles. The van der Waals surface area contributed by atoms with Crippen LogP contribution in [0.25, 0.3) is 0 Å². The normalized spacial score (nSPS) is 19.6. The predicted octanol–water partition coefficient (Wildman–Crippen LogP) is 1.90. The Bertz CT molecular complexity index is 346. The summed E-state index contributed by atoms with van der Waals surface area (Å²) in [5, 5.41) is 0. The zero-order valence-electron chi connectivity index (χ0n) is 8.03. The van der Waals surface area contributed by atoms with Crippen molar-refractivity contribution in [2.75, 3.05) is 0 Å². The van der Waals surface area contributed by atoms with Crippen LogP contribution >= 0.6 is 0 Å². The number of rotatable bonds is 2. The van der Waals surface area contributed by atoms with Gasteiger partial charge < -0.3 is 9.47 Å². The molecule has 1 aliphatic rings. The summed E-state index contributed by atoms with van der Waals surface area (Å²) >= 11 is 0. The number of ketones is 1. The second-order valence-corrected chi connectivity index (χ2v) is 3.37. The van der Waals surface area contributed by atoms with Crippen LogP contribution in [0.2, 0.25) is 0 Å². The molecule has 0 aliphatic carbocycles. The largest absolute Gasteiger partial charge is 0.464 e. The average molecular weight is 192 g/mol. The number of hydrogen-bond acceptors (Lipinski definition) is 3. The Balaban J connectivity index is 2.09. The number of para-hydroxylation sites is 1. The van der Waals surface area contributed by atoms with Gasteiger partial charge in [-0.15, -0.1) is 0 Å². The number of Topliss-reactive ketones (excluding diaryl/α,β-unsaturated/α-hetero) is 1. The summed E-state index contributed by atoms with van der Waals surface area (Å²) in [6.07, 6.45) is -0.101. The van der Waals surface area contributed by atoms with E-state index in [-0.39, 0.29) is 5.78 Å². The SMILES string of the molecule is CC(=O)CC1OCc2ccccc2O1. The van der Waals surface area contributed by atoms with Crippen LogP contribution in [0.5, 0.6) is 5.75 Å². The van der Waals surface area contributed by atoms with E-state index in [0.717, 1.165) is 11.3 Å². The first-order valence-corrected chi connectivity index (χ1v) is 4.61. The van der Waals surface area contributed by atoms with Gasteiger partial charge in [0.05, 0.1) is 13.0 Å². The number of carbonyl (C=O) groups excluding carboxylic acids is 1. The second kappa shape index (κ2) is 3.80. The first-order valence-electron chi connectivity index (χ1n) is 4.61. The molecule has 14 heavy (non-hydrogen) atoms. The van der Waals surface area contributed by atoms with Gasteiger partial charge in [-0.2, -0.15) is 0 Å². The summed E-state index contributed by atoms with van der Waals surface area (Å²) in [6, 6.07) is 7.70. The van der Waals surface area contributed by atoms with E-state index in [4.69, 9.17) is 9.47 Å². The maximum absolute atomic E-state index is 10.9. The van der Waals surface area contributed by atoms with E-state index in [0.29, 0.717) is 13.0 Å². The van der Waals surface area contributed by atoms with Crippen molar-refractivity contribution < 1.29 is 14.3 Å². The third kappa shape index (κ3) is 1.93. The average Bonchev–Trinajstić information content (AvgIpc) is 2.17. The van der Waals surface area contributed by atoms with E-state index in [9.17, 15) is 4.79 Å². The topological polar surface area (TPSA) is 35.5 Å². The van der Waals surface area contributed by atoms with E-state index < -0.39 is 6.29 Å². The van der Waals surface area contributed by atoms with Gasteiger partial charge in [0.1, 0.15) is 11.5 Å². The third-order valence-electron chi connectivity index (χ3n) is 2.11. The van der Waals surface area contributed by atoms with Crippen LogP contribution in [0.15, 0.2) is 24.3 Å². The number of ether oxygens (including phenoxy) is 2. The molecule has 0 bridgehead atoms. The Kier molecular flexibility index (Phi) is 2.50. The Hall–Kier alpha value is -1.35. The lowest BCUT2D eigenvalue weighted by molar-refractivity contribution is -0.136. The summed E-state index contributed by atoms with van der Waals surface area (Å²) in [6.45, 7) is 2.06. The minimum Gasteiger partial charge on any atom is -0.464 e. The molecule has 0 amide bonds. The first-order chi connectivity index (χ1) is 6.75. The highest BCUT2D eigenvalue weighted by Crippen LogP contribution is 2.26. The van der Waals surface area contributed by atoms with Gasteiger partial charge in [-0.05, 0) is 13.0 Å². The molecule has 3 nitrogen and oxygen atoms in total.